The third-order valence-electron chi connectivity index (χ3n) is 4.85. The summed E-state index contributed by atoms with van der Waals surface area (Å²) in [6.45, 7) is 9.76. The summed E-state index contributed by atoms with van der Waals surface area (Å²) in [5.74, 6) is 0. The van der Waals surface area contributed by atoms with E-state index in [2.05, 4.69) is 46.0 Å². The maximum atomic E-state index is 12.6. The van der Waals surface area contributed by atoms with Crippen molar-refractivity contribution in [2.24, 2.45) is 0 Å². The van der Waals surface area contributed by atoms with Crippen LogP contribution in [0.3, 0.4) is 0 Å². The minimum absolute atomic E-state index is 0.152. The van der Waals surface area contributed by atoms with Crippen molar-refractivity contribution in [1.82, 2.24) is 4.90 Å². The van der Waals surface area contributed by atoms with E-state index < -0.39 is 5.60 Å². The second-order valence-corrected chi connectivity index (χ2v) is 8.72. The predicted octanol–water partition coefficient (Wildman–Crippen LogP) is 4.60. The monoisotopic (exact) mass is 394 g/mol. The van der Waals surface area contributed by atoms with E-state index in [1.54, 1.807) is 0 Å². The molecule has 0 aromatic heterocycles. The number of halogens is 1. The summed E-state index contributed by atoms with van der Waals surface area (Å²) in [6, 6.07) is 7.03. The molecule has 0 saturated carbocycles. The van der Waals surface area contributed by atoms with E-state index in [4.69, 9.17) is 4.74 Å². The van der Waals surface area contributed by atoms with E-state index in [1.165, 1.54) is 11.3 Å². The largest absolute Gasteiger partial charge is 0.444 e. The highest BCUT2D eigenvalue weighted by Gasteiger charge is 2.44. The number of fused-ring (bicyclic) bond motifs is 2. The zero-order valence-electron chi connectivity index (χ0n) is 15.0. The number of aryl methyl sites for hydroxylation is 1. The lowest BCUT2D eigenvalue weighted by Gasteiger charge is -2.42. The fraction of sp³-hybridized carbons (Fsp3) is 0.632. The van der Waals surface area contributed by atoms with Crippen molar-refractivity contribution >= 4 is 27.7 Å². The van der Waals surface area contributed by atoms with Gasteiger partial charge in [-0.2, -0.15) is 0 Å². The van der Waals surface area contributed by atoms with Crippen LogP contribution in [-0.2, 0) is 11.2 Å². The quantitative estimate of drug-likeness (QED) is 0.734. The van der Waals surface area contributed by atoms with Crippen LogP contribution in [0.1, 0.15) is 46.1 Å². The first-order valence-electron chi connectivity index (χ1n) is 8.83. The van der Waals surface area contributed by atoms with Gasteiger partial charge >= 0.3 is 6.09 Å². The Labute approximate surface area is 153 Å². The first-order chi connectivity index (χ1) is 11.3. The molecule has 1 aromatic carbocycles. The fourth-order valence-corrected chi connectivity index (χ4v) is 4.27. The molecule has 24 heavy (non-hydrogen) atoms. The highest BCUT2D eigenvalue weighted by atomic mass is 79.9. The Morgan fingerprint density at radius 2 is 1.88 bits per heavy atom. The molecule has 1 aromatic rings. The van der Waals surface area contributed by atoms with Gasteiger partial charge in [0.25, 0.3) is 0 Å². The number of hydrogen-bond donors (Lipinski definition) is 0. The van der Waals surface area contributed by atoms with Gasteiger partial charge in [-0.15, -0.1) is 0 Å². The van der Waals surface area contributed by atoms with E-state index in [0.29, 0.717) is 0 Å². The SMILES string of the molecule is CCc1cc(Br)ccc1N1CC2CCC(C1)N2C(=O)OC(C)(C)C. The van der Waals surface area contributed by atoms with Crippen LogP contribution >= 0.6 is 15.9 Å². The molecular weight excluding hydrogens is 368 g/mol. The van der Waals surface area contributed by atoms with E-state index in [9.17, 15) is 4.79 Å². The molecule has 2 atom stereocenters. The number of hydrogen-bond acceptors (Lipinski definition) is 3. The van der Waals surface area contributed by atoms with E-state index in [0.717, 1.165) is 36.8 Å². The summed E-state index contributed by atoms with van der Waals surface area (Å²) in [5, 5.41) is 0. The number of carbonyl (C=O) groups is 1. The zero-order valence-corrected chi connectivity index (χ0v) is 16.6. The summed E-state index contributed by atoms with van der Waals surface area (Å²) in [4.78, 5) is 17.0. The summed E-state index contributed by atoms with van der Waals surface area (Å²) in [7, 11) is 0. The topological polar surface area (TPSA) is 32.8 Å². The Morgan fingerprint density at radius 3 is 2.42 bits per heavy atom. The van der Waals surface area contributed by atoms with Crippen LogP contribution in [0.2, 0.25) is 0 Å². The summed E-state index contributed by atoms with van der Waals surface area (Å²) >= 11 is 3.57. The van der Waals surface area contributed by atoms with E-state index in [1.807, 2.05) is 25.7 Å². The minimum Gasteiger partial charge on any atom is -0.444 e. The standard InChI is InChI=1S/C19H27BrN2O2/c1-5-13-10-14(20)6-9-17(13)21-11-15-7-8-16(12-21)22(15)18(23)24-19(2,3)4/h6,9-10,15-16H,5,7-8,11-12H2,1-4H3. The van der Waals surface area contributed by atoms with Crippen molar-refractivity contribution in [3.8, 4) is 0 Å². The van der Waals surface area contributed by atoms with Gasteiger partial charge in [0.15, 0.2) is 0 Å². The smallest absolute Gasteiger partial charge is 0.410 e. The number of anilines is 1. The summed E-state index contributed by atoms with van der Waals surface area (Å²) in [6.07, 6.45) is 2.99. The van der Waals surface area contributed by atoms with Gasteiger partial charge in [0, 0.05) is 23.2 Å². The maximum absolute atomic E-state index is 12.6. The molecule has 0 aliphatic carbocycles. The molecule has 1 amide bonds. The highest BCUT2D eigenvalue weighted by Crippen LogP contribution is 2.35. The van der Waals surface area contributed by atoms with Gasteiger partial charge in [-0.25, -0.2) is 4.79 Å². The number of benzene rings is 1. The number of carbonyl (C=O) groups excluding carboxylic acids is 1. The number of amides is 1. The van der Waals surface area contributed by atoms with E-state index in [-0.39, 0.29) is 18.2 Å². The normalized spacial score (nSPS) is 23.5. The van der Waals surface area contributed by atoms with Crippen LogP contribution in [0.15, 0.2) is 22.7 Å². The number of piperazine rings is 1. The van der Waals surface area contributed by atoms with Gasteiger partial charge in [0.2, 0.25) is 0 Å². The van der Waals surface area contributed by atoms with Crippen LogP contribution < -0.4 is 4.90 Å². The molecule has 2 heterocycles. The first-order valence-corrected chi connectivity index (χ1v) is 9.62. The van der Waals surface area contributed by atoms with E-state index >= 15 is 0 Å². The van der Waals surface area contributed by atoms with Crippen molar-refractivity contribution in [3.05, 3.63) is 28.2 Å². The molecule has 3 rings (SSSR count). The molecule has 2 unspecified atom stereocenters. The second kappa shape index (κ2) is 6.58. The Kier molecular flexibility index (Phi) is 4.82. The van der Waals surface area contributed by atoms with Crippen LogP contribution in [0.25, 0.3) is 0 Å². The minimum atomic E-state index is -0.436. The summed E-state index contributed by atoms with van der Waals surface area (Å²) < 4.78 is 6.75. The van der Waals surface area contributed by atoms with Crippen molar-refractivity contribution in [1.29, 1.82) is 0 Å². The van der Waals surface area contributed by atoms with Crippen LogP contribution in [0, 0.1) is 0 Å². The van der Waals surface area contributed by atoms with Crippen molar-refractivity contribution in [2.45, 2.75) is 64.6 Å². The molecule has 2 fully saturated rings. The number of nitrogens with zero attached hydrogens (tertiary/aromatic N) is 2. The van der Waals surface area contributed by atoms with Crippen LogP contribution in [-0.4, -0.2) is 41.8 Å². The third-order valence-corrected chi connectivity index (χ3v) is 5.34. The third kappa shape index (κ3) is 3.56. The first kappa shape index (κ1) is 17.6. The molecule has 132 valence electrons. The molecule has 2 bridgehead atoms. The number of ether oxygens (including phenoxy) is 1. The summed E-state index contributed by atoms with van der Waals surface area (Å²) in [5.41, 5.74) is 2.23. The van der Waals surface area contributed by atoms with Crippen molar-refractivity contribution in [2.75, 3.05) is 18.0 Å². The maximum Gasteiger partial charge on any atom is 0.410 e. The molecule has 2 saturated heterocycles. The zero-order chi connectivity index (χ0) is 17.5. The van der Waals surface area contributed by atoms with Gasteiger partial charge < -0.3 is 9.64 Å². The van der Waals surface area contributed by atoms with Crippen molar-refractivity contribution in [3.63, 3.8) is 0 Å². The van der Waals surface area contributed by atoms with Crippen molar-refractivity contribution < 1.29 is 9.53 Å². The number of rotatable bonds is 2. The van der Waals surface area contributed by atoms with Gasteiger partial charge in [-0.05, 0) is 63.8 Å². The fourth-order valence-electron chi connectivity index (χ4n) is 3.86. The second-order valence-electron chi connectivity index (χ2n) is 7.80. The lowest BCUT2D eigenvalue weighted by molar-refractivity contribution is 0.0123. The average Bonchev–Trinajstić information content (AvgIpc) is 2.76. The molecule has 4 nitrogen and oxygen atoms in total. The molecule has 0 spiro atoms. The Morgan fingerprint density at radius 1 is 1.25 bits per heavy atom. The molecule has 2 aliphatic heterocycles. The molecule has 0 radical (unpaired) electrons. The molecular formula is C19H27BrN2O2. The average molecular weight is 395 g/mol. The molecule has 2 aliphatic rings. The Hall–Kier alpha value is -1.23. The van der Waals surface area contributed by atoms with Crippen LogP contribution in [0.5, 0.6) is 0 Å². The van der Waals surface area contributed by atoms with Gasteiger partial charge in [-0.3, -0.25) is 4.90 Å². The predicted molar refractivity (Wildman–Crippen MR) is 101 cm³/mol. The van der Waals surface area contributed by atoms with Crippen LogP contribution in [0.4, 0.5) is 10.5 Å². The molecule has 5 heteroatoms. The lowest BCUT2D eigenvalue weighted by Crippen LogP contribution is -2.57. The van der Waals surface area contributed by atoms with Gasteiger partial charge in [0.05, 0.1) is 12.1 Å². The Bertz CT molecular complexity index is 612. The Balaban J connectivity index is 1.77. The lowest BCUT2D eigenvalue weighted by atomic mass is 10.1. The van der Waals surface area contributed by atoms with Gasteiger partial charge in [0.1, 0.15) is 5.60 Å². The highest BCUT2D eigenvalue weighted by molar-refractivity contribution is 9.10. The molecule has 0 N–H and O–H groups in total. The van der Waals surface area contributed by atoms with Gasteiger partial charge in [-0.1, -0.05) is 22.9 Å².